The van der Waals surface area contributed by atoms with Gasteiger partial charge < -0.3 is 5.11 Å². The Morgan fingerprint density at radius 2 is 1.86 bits per heavy atom. The average molecular weight is 302 g/mol. The maximum absolute atomic E-state index is 12.1. The Morgan fingerprint density at radius 3 is 2.64 bits per heavy atom. The monoisotopic (exact) mass is 302 g/mol. The molecule has 6 atom stereocenters. The molecule has 3 fully saturated rings. The number of hydrogen-bond donors (Lipinski definition) is 1. The highest BCUT2D eigenvalue weighted by Crippen LogP contribution is 2.64. The number of rotatable bonds is 0. The van der Waals surface area contributed by atoms with E-state index in [-0.39, 0.29) is 22.4 Å². The van der Waals surface area contributed by atoms with Crippen LogP contribution in [-0.2, 0) is 9.59 Å². The first kappa shape index (κ1) is 14.6. The maximum atomic E-state index is 12.1. The molecule has 3 saturated carbocycles. The largest absolute Gasteiger partial charge is 0.385 e. The summed E-state index contributed by atoms with van der Waals surface area (Å²) in [4.78, 5) is 23.9. The zero-order chi connectivity index (χ0) is 15.7. The topological polar surface area (TPSA) is 54.4 Å². The van der Waals surface area contributed by atoms with Gasteiger partial charge in [0.05, 0.1) is 0 Å². The van der Waals surface area contributed by atoms with Crippen LogP contribution < -0.4 is 0 Å². The molecular formula is C19H26O3. The van der Waals surface area contributed by atoms with Crippen LogP contribution in [0.15, 0.2) is 11.6 Å². The molecule has 0 saturated heterocycles. The van der Waals surface area contributed by atoms with Crippen LogP contribution in [0, 0.1) is 28.6 Å². The Hall–Kier alpha value is -0.960. The van der Waals surface area contributed by atoms with Gasteiger partial charge in [0.15, 0.2) is 11.6 Å². The predicted octanol–water partition coefficient (Wildman–Crippen LogP) is 3.06. The fourth-order valence-electron chi connectivity index (χ4n) is 6.33. The summed E-state index contributed by atoms with van der Waals surface area (Å²) in [7, 11) is 0. The minimum atomic E-state index is -0.754. The summed E-state index contributed by atoms with van der Waals surface area (Å²) in [5, 5.41) is 10.4. The van der Waals surface area contributed by atoms with Crippen LogP contribution in [-0.4, -0.2) is 22.8 Å². The molecule has 120 valence electrons. The predicted molar refractivity (Wildman–Crippen MR) is 83.1 cm³/mol. The van der Waals surface area contributed by atoms with E-state index in [1.807, 2.05) is 6.08 Å². The van der Waals surface area contributed by atoms with Gasteiger partial charge in [-0.25, -0.2) is 0 Å². The summed E-state index contributed by atoms with van der Waals surface area (Å²) >= 11 is 0. The fraction of sp³-hybridized carbons (Fsp3) is 0.789. The summed E-state index contributed by atoms with van der Waals surface area (Å²) in [6.07, 6.45) is 7.49. The summed E-state index contributed by atoms with van der Waals surface area (Å²) < 4.78 is 0. The second-order valence-electron chi connectivity index (χ2n) is 8.59. The summed E-state index contributed by atoms with van der Waals surface area (Å²) in [5.41, 5.74) is 1.30. The Bertz CT molecular complexity index is 577. The van der Waals surface area contributed by atoms with E-state index in [1.54, 1.807) is 0 Å². The number of fused-ring (bicyclic) bond motifs is 5. The molecule has 1 N–H and O–H groups in total. The summed E-state index contributed by atoms with van der Waals surface area (Å²) in [6.45, 7) is 4.47. The highest BCUT2D eigenvalue weighted by atomic mass is 16.3. The van der Waals surface area contributed by atoms with Crippen molar-refractivity contribution in [2.45, 2.75) is 64.9 Å². The van der Waals surface area contributed by atoms with E-state index in [2.05, 4.69) is 13.8 Å². The van der Waals surface area contributed by atoms with Gasteiger partial charge in [0.1, 0.15) is 6.10 Å². The molecule has 0 aromatic carbocycles. The molecular weight excluding hydrogens is 276 g/mol. The van der Waals surface area contributed by atoms with Crippen molar-refractivity contribution in [3.8, 4) is 0 Å². The van der Waals surface area contributed by atoms with E-state index in [4.69, 9.17) is 0 Å². The van der Waals surface area contributed by atoms with Gasteiger partial charge in [0.25, 0.3) is 0 Å². The highest BCUT2D eigenvalue weighted by Gasteiger charge is 2.61. The lowest BCUT2D eigenvalue weighted by molar-refractivity contribution is -0.129. The van der Waals surface area contributed by atoms with Gasteiger partial charge in [0, 0.05) is 18.3 Å². The molecule has 4 aliphatic rings. The van der Waals surface area contributed by atoms with Gasteiger partial charge in [-0.05, 0) is 61.3 Å². The zero-order valence-corrected chi connectivity index (χ0v) is 13.6. The third-order valence-corrected chi connectivity index (χ3v) is 7.75. The lowest BCUT2D eigenvalue weighted by Crippen LogP contribution is -2.51. The number of carbonyl (C=O) groups excluding carboxylic acids is 2. The molecule has 0 aromatic heterocycles. The minimum absolute atomic E-state index is 0.0541. The van der Waals surface area contributed by atoms with E-state index in [1.165, 1.54) is 5.57 Å². The number of allylic oxidation sites excluding steroid dienone is 1. The fourth-order valence-corrected chi connectivity index (χ4v) is 6.33. The molecule has 22 heavy (non-hydrogen) atoms. The third kappa shape index (κ3) is 1.72. The van der Waals surface area contributed by atoms with Gasteiger partial charge in [-0.1, -0.05) is 19.4 Å². The van der Waals surface area contributed by atoms with Crippen LogP contribution >= 0.6 is 0 Å². The number of carbonyl (C=O) groups is 2. The normalized spacial score (nSPS) is 51.0. The molecule has 0 heterocycles. The smallest absolute Gasteiger partial charge is 0.162 e. The van der Waals surface area contributed by atoms with Gasteiger partial charge in [-0.15, -0.1) is 0 Å². The second kappa shape index (κ2) is 4.53. The molecule has 0 amide bonds. The van der Waals surface area contributed by atoms with E-state index in [0.29, 0.717) is 30.6 Å². The number of Topliss-reactive ketones (excluding diaryl/α,β-unsaturated/α-hetero) is 1. The Balaban J connectivity index is 1.70. The van der Waals surface area contributed by atoms with Crippen molar-refractivity contribution < 1.29 is 14.7 Å². The lowest BCUT2D eigenvalue weighted by atomic mass is 9.47. The van der Waals surface area contributed by atoms with E-state index in [0.717, 1.165) is 32.1 Å². The van der Waals surface area contributed by atoms with Crippen molar-refractivity contribution in [1.29, 1.82) is 0 Å². The van der Waals surface area contributed by atoms with Crippen LogP contribution in [0.25, 0.3) is 0 Å². The molecule has 4 aliphatic carbocycles. The molecule has 0 unspecified atom stereocenters. The number of hydrogen-bond acceptors (Lipinski definition) is 3. The van der Waals surface area contributed by atoms with Crippen LogP contribution in [0.1, 0.15) is 58.8 Å². The van der Waals surface area contributed by atoms with Crippen molar-refractivity contribution in [3.63, 3.8) is 0 Å². The van der Waals surface area contributed by atoms with Gasteiger partial charge in [-0.3, -0.25) is 9.59 Å². The number of aliphatic hydroxyl groups excluding tert-OH is 1. The molecule has 3 nitrogen and oxygen atoms in total. The second-order valence-corrected chi connectivity index (χ2v) is 8.59. The van der Waals surface area contributed by atoms with Crippen LogP contribution in [0.2, 0.25) is 0 Å². The molecule has 0 spiro atoms. The van der Waals surface area contributed by atoms with Crippen molar-refractivity contribution in [2.24, 2.45) is 28.6 Å². The molecule has 3 heteroatoms. The standard InChI is InChI=1S/C19H26O3/c1-18-7-5-12(20)9-11(18)3-4-13-14(18)6-8-19(2)15(13)10-16(21)17(19)22/h9,13-15,17,22H,3-8,10H2,1-2H3/t13-,14+,15-,17-,18-,19-/m0/s1. The van der Waals surface area contributed by atoms with Crippen LogP contribution in [0.5, 0.6) is 0 Å². The lowest BCUT2D eigenvalue weighted by Gasteiger charge is -2.57. The molecule has 0 radical (unpaired) electrons. The number of ketones is 2. The van der Waals surface area contributed by atoms with E-state index < -0.39 is 6.10 Å². The summed E-state index contributed by atoms with van der Waals surface area (Å²) in [6, 6.07) is 0. The van der Waals surface area contributed by atoms with Crippen molar-refractivity contribution in [1.82, 2.24) is 0 Å². The van der Waals surface area contributed by atoms with Gasteiger partial charge >= 0.3 is 0 Å². The highest BCUT2D eigenvalue weighted by molar-refractivity contribution is 5.91. The maximum Gasteiger partial charge on any atom is 0.162 e. The SMILES string of the molecule is C[C@]12CC[C@@H]3[C@H](CCC4=CC(=O)CC[C@@]43C)[C@@H]1CC(=O)[C@@H]2O. The Labute approximate surface area is 132 Å². The van der Waals surface area contributed by atoms with Crippen molar-refractivity contribution in [3.05, 3.63) is 11.6 Å². The first-order chi connectivity index (χ1) is 10.4. The minimum Gasteiger partial charge on any atom is -0.385 e. The molecule has 0 aromatic rings. The van der Waals surface area contributed by atoms with Crippen LogP contribution in [0.3, 0.4) is 0 Å². The van der Waals surface area contributed by atoms with E-state index >= 15 is 0 Å². The van der Waals surface area contributed by atoms with Crippen molar-refractivity contribution >= 4 is 11.6 Å². The first-order valence-electron chi connectivity index (χ1n) is 8.81. The van der Waals surface area contributed by atoms with Gasteiger partial charge in [-0.2, -0.15) is 0 Å². The van der Waals surface area contributed by atoms with Gasteiger partial charge in [0.2, 0.25) is 0 Å². The Kier molecular flexibility index (Phi) is 3.01. The molecule has 4 rings (SSSR count). The van der Waals surface area contributed by atoms with E-state index in [9.17, 15) is 14.7 Å². The third-order valence-electron chi connectivity index (χ3n) is 7.75. The zero-order valence-electron chi connectivity index (χ0n) is 13.6. The van der Waals surface area contributed by atoms with Crippen molar-refractivity contribution in [2.75, 3.05) is 0 Å². The summed E-state index contributed by atoms with van der Waals surface area (Å²) in [5.74, 6) is 1.80. The molecule has 0 bridgehead atoms. The average Bonchev–Trinajstić information content (AvgIpc) is 2.72. The first-order valence-corrected chi connectivity index (χ1v) is 8.81. The van der Waals surface area contributed by atoms with Crippen LogP contribution in [0.4, 0.5) is 0 Å². The number of aliphatic hydroxyl groups is 1. The molecule has 0 aliphatic heterocycles. The Morgan fingerprint density at radius 1 is 1.09 bits per heavy atom. The quantitative estimate of drug-likeness (QED) is 0.748.